The molecule has 0 aromatic heterocycles. The van der Waals surface area contributed by atoms with Crippen molar-refractivity contribution in [3.8, 4) is 11.8 Å². The van der Waals surface area contributed by atoms with Crippen molar-refractivity contribution in [2.24, 2.45) is 0 Å². The van der Waals surface area contributed by atoms with Crippen LogP contribution in [0.5, 0.6) is 5.75 Å². The Bertz CT molecular complexity index is 495. The fourth-order valence-corrected chi connectivity index (χ4v) is 2.92. The molecule has 1 aromatic rings. The van der Waals surface area contributed by atoms with Gasteiger partial charge in [0.1, 0.15) is 17.9 Å². The number of hydrogen-bond donors (Lipinski definition) is 1. The van der Waals surface area contributed by atoms with Crippen molar-refractivity contribution in [3.05, 3.63) is 30.3 Å². The normalized spacial score (nSPS) is 28.2. The number of ether oxygens (including phenoxy) is 2. The minimum atomic E-state index is -0.355. The molecule has 21 heavy (non-hydrogen) atoms. The van der Waals surface area contributed by atoms with Crippen LogP contribution >= 0.6 is 0 Å². The zero-order valence-corrected chi connectivity index (χ0v) is 12.3. The molecule has 4 nitrogen and oxygen atoms in total. The van der Waals surface area contributed by atoms with Crippen LogP contribution < -0.4 is 10.1 Å². The molecule has 112 valence electrons. The first-order valence-electron chi connectivity index (χ1n) is 7.78. The third kappa shape index (κ3) is 3.96. The maximum absolute atomic E-state index is 9.44. The van der Waals surface area contributed by atoms with Gasteiger partial charge in [-0.1, -0.05) is 18.2 Å². The highest BCUT2D eigenvalue weighted by molar-refractivity contribution is 5.20. The van der Waals surface area contributed by atoms with E-state index in [0.29, 0.717) is 19.3 Å². The highest BCUT2D eigenvalue weighted by Crippen LogP contribution is 2.35. The lowest BCUT2D eigenvalue weighted by Crippen LogP contribution is -2.43. The number of nitriles is 1. The average Bonchev–Trinajstić information content (AvgIpc) is 3.24. The monoisotopic (exact) mass is 286 g/mol. The van der Waals surface area contributed by atoms with Gasteiger partial charge in [0.2, 0.25) is 0 Å². The van der Waals surface area contributed by atoms with E-state index >= 15 is 0 Å². The van der Waals surface area contributed by atoms with Gasteiger partial charge in [-0.3, -0.25) is 5.32 Å². The molecular formula is C17H22N2O2. The molecule has 3 rings (SSSR count). The quantitative estimate of drug-likeness (QED) is 0.783. The number of para-hydroxylation sites is 1. The van der Waals surface area contributed by atoms with E-state index in [1.54, 1.807) is 0 Å². The van der Waals surface area contributed by atoms with Gasteiger partial charge in [-0.15, -0.1) is 0 Å². The first kappa shape index (κ1) is 14.4. The summed E-state index contributed by atoms with van der Waals surface area (Å²) < 4.78 is 11.5. The van der Waals surface area contributed by atoms with Crippen molar-refractivity contribution < 1.29 is 9.47 Å². The number of rotatable bonds is 7. The molecule has 2 fully saturated rings. The van der Waals surface area contributed by atoms with Crippen molar-refractivity contribution in [3.63, 3.8) is 0 Å². The molecule has 0 saturated heterocycles. The Morgan fingerprint density at radius 3 is 2.71 bits per heavy atom. The molecule has 4 heteroatoms. The van der Waals surface area contributed by atoms with E-state index in [0.717, 1.165) is 25.0 Å². The molecule has 2 atom stereocenters. The summed E-state index contributed by atoms with van der Waals surface area (Å²) in [6.45, 7) is 1.13. The number of nitrogens with one attached hydrogen (secondary N) is 1. The lowest BCUT2D eigenvalue weighted by Gasteiger charge is -2.22. The Morgan fingerprint density at radius 2 is 2.00 bits per heavy atom. The summed E-state index contributed by atoms with van der Waals surface area (Å²) in [4.78, 5) is 0. The SMILES string of the molecule is N#CC1(NC2CC2)CCC(OCCOc2ccccc2)C1. The van der Waals surface area contributed by atoms with Crippen LogP contribution in [0.4, 0.5) is 0 Å². The first-order valence-corrected chi connectivity index (χ1v) is 7.78. The Labute approximate surface area is 126 Å². The largest absolute Gasteiger partial charge is 0.491 e. The minimum absolute atomic E-state index is 0.176. The van der Waals surface area contributed by atoms with Crippen LogP contribution in [0, 0.1) is 11.3 Å². The maximum atomic E-state index is 9.44. The summed E-state index contributed by atoms with van der Waals surface area (Å²) in [7, 11) is 0. The molecule has 0 aliphatic heterocycles. The van der Waals surface area contributed by atoms with E-state index in [1.807, 2.05) is 30.3 Å². The zero-order valence-electron chi connectivity index (χ0n) is 12.3. The van der Waals surface area contributed by atoms with Crippen molar-refractivity contribution >= 4 is 0 Å². The molecule has 0 radical (unpaired) electrons. The highest BCUT2D eigenvalue weighted by Gasteiger charge is 2.43. The molecule has 0 heterocycles. The summed E-state index contributed by atoms with van der Waals surface area (Å²) >= 11 is 0. The Kier molecular flexibility index (Phi) is 4.42. The van der Waals surface area contributed by atoms with Crippen molar-refractivity contribution in [1.29, 1.82) is 5.26 Å². The van der Waals surface area contributed by atoms with E-state index in [1.165, 1.54) is 12.8 Å². The minimum Gasteiger partial charge on any atom is -0.491 e. The van der Waals surface area contributed by atoms with Gasteiger partial charge in [0, 0.05) is 12.5 Å². The van der Waals surface area contributed by atoms with E-state index in [2.05, 4.69) is 11.4 Å². The molecule has 0 bridgehead atoms. The van der Waals surface area contributed by atoms with Crippen molar-refractivity contribution in [1.82, 2.24) is 5.32 Å². The Hall–Kier alpha value is -1.57. The predicted molar refractivity (Wildman–Crippen MR) is 80.0 cm³/mol. The number of benzene rings is 1. The zero-order chi connectivity index (χ0) is 14.5. The highest BCUT2D eigenvalue weighted by atomic mass is 16.5. The molecule has 0 spiro atoms. The van der Waals surface area contributed by atoms with Crippen LogP contribution in [-0.2, 0) is 4.74 Å². The lowest BCUT2D eigenvalue weighted by molar-refractivity contribution is 0.0351. The van der Waals surface area contributed by atoms with Crippen LogP contribution in [0.3, 0.4) is 0 Å². The Morgan fingerprint density at radius 1 is 1.19 bits per heavy atom. The molecule has 2 unspecified atom stereocenters. The summed E-state index contributed by atoms with van der Waals surface area (Å²) in [5.74, 6) is 0.870. The van der Waals surface area contributed by atoms with Gasteiger partial charge in [0.05, 0.1) is 18.8 Å². The number of nitrogens with zero attached hydrogens (tertiary/aromatic N) is 1. The summed E-state index contributed by atoms with van der Waals surface area (Å²) in [6, 6.07) is 12.8. The van der Waals surface area contributed by atoms with E-state index < -0.39 is 0 Å². The third-order valence-corrected chi connectivity index (χ3v) is 4.19. The second kappa shape index (κ2) is 6.46. The third-order valence-electron chi connectivity index (χ3n) is 4.19. The van der Waals surface area contributed by atoms with E-state index in [9.17, 15) is 5.26 Å². The number of hydrogen-bond acceptors (Lipinski definition) is 4. The van der Waals surface area contributed by atoms with Gasteiger partial charge in [-0.25, -0.2) is 0 Å². The Balaban J connectivity index is 1.37. The van der Waals surface area contributed by atoms with Crippen molar-refractivity contribution in [2.45, 2.75) is 49.8 Å². The average molecular weight is 286 g/mol. The summed E-state index contributed by atoms with van der Waals surface area (Å²) in [5, 5.41) is 12.9. The van der Waals surface area contributed by atoms with Gasteiger partial charge in [-0.2, -0.15) is 5.26 Å². The van der Waals surface area contributed by atoms with Gasteiger partial charge in [0.25, 0.3) is 0 Å². The smallest absolute Gasteiger partial charge is 0.119 e. The van der Waals surface area contributed by atoms with Gasteiger partial charge in [-0.05, 0) is 37.8 Å². The van der Waals surface area contributed by atoms with Crippen molar-refractivity contribution in [2.75, 3.05) is 13.2 Å². The summed E-state index contributed by atoms with van der Waals surface area (Å²) in [5.41, 5.74) is -0.355. The van der Waals surface area contributed by atoms with Crippen LogP contribution in [0.25, 0.3) is 0 Å². The second-order valence-corrected chi connectivity index (χ2v) is 6.01. The molecule has 2 saturated carbocycles. The molecule has 1 aromatic carbocycles. The first-order chi connectivity index (χ1) is 10.3. The van der Waals surface area contributed by atoms with E-state index in [-0.39, 0.29) is 11.6 Å². The van der Waals surface area contributed by atoms with Crippen LogP contribution in [0.15, 0.2) is 30.3 Å². The second-order valence-electron chi connectivity index (χ2n) is 6.01. The molecule has 2 aliphatic rings. The van der Waals surface area contributed by atoms with Gasteiger partial charge < -0.3 is 9.47 Å². The fraction of sp³-hybridized carbons (Fsp3) is 0.588. The molecular weight excluding hydrogens is 264 g/mol. The topological polar surface area (TPSA) is 54.3 Å². The lowest BCUT2D eigenvalue weighted by atomic mass is 9.99. The summed E-state index contributed by atoms with van der Waals surface area (Å²) in [6.07, 6.45) is 5.24. The molecule has 1 N–H and O–H groups in total. The predicted octanol–water partition coefficient (Wildman–Crippen LogP) is 2.65. The van der Waals surface area contributed by atoms with Gasteiger partial charge >= 0.3 is 0 Å². The van der Waals surface area contributed by atoms with Crippen LogP contribution in [0.2, 0.25) is 0 Å². The maximum Gasteiger partial charge on any atom is 0.119 e. The van der Waals surface area contributed by atoms with Crippen LogP contribution in [-0.4, -0.2) is 30.9 Å². The van der Waals surface area contributed by atoms with E-state index in [4.69, 9.17) is 9.47 Å². The fourth-order valence-electron chi connectivity index (χ4n) is 2.92. The standard InChI is InChI=1S/C17H22N2O2/c18-13-17(19-14-6-7-14)9-8-16(12-17)21-11-10-20-15-4-2-1-3-5-15/h1-5,14,16,19H,6-12H2. The van der Waals surface area contributed by atoms with Crippen LogP contribution in [0.1, 0.15) is 32.1 Å². The molecule has 0 amide bonds. The van der Waals surface area contributed by atoms with Gasteiger partial charge in [0.15, 0.2) is 0 Å². The molecule has 2 aliphatic carbocycles.